The Bertz CT molecular complexity index is 780. The number of benzene rings is 1. The first-order chi connectivity index (χ1) is 10.2. The normalized spacial score (nSPS) is 10.7. The molecule has 0 fully saturated rings. The zero-order valence-electron chi connectivity index (χ0n) is 11.4. The van der Waals surface area contributed by atoms with E-state index >= 15 is 0 Å². The molecule has 0 aliphatic heterocycles. The first kappa shape index (κ1) is 13.1. The number of aromatic nitrogens is 3. The van der Waals surface area contributed by atoms with Crippen molar-refractivity contribution in [2.75, 3.05) is 5.73 Å². The lowest BCUT2D eigenvalue weighted by Crippen LogP contribution is -2.25. The summed E-state index contributed by atoms with van der Waals surface area (Å²) < 4.78 is 1.85. The third kappa shape index (κ3) is 3.00. The van der Waals surface area contributed by atoms with Gasteiger partial charge >= 0.3 is 0 Å². The van der Waals surface area contributed by atoms with Gasteiger partial charge in [0.1, 0.15) is 0 Å². The van der Waals surface area contributed by atoms with E-state index in [1.165, 1.54) is 0 Å². The maximum atomic E-state index is 11.9. The number of nitrogens with one attached hydrogen (secondary N) is 1. The molecule has 3 N–H and O–H groups in total. The Hall–Kier alpha value is -2.89. The fourth-order valence-electron chi connectivity index (χ4n) is 2.14. The molecular formula is C15H15N5O. The van der Waals surface area contributed by atoms with Crippen LogP contribution in [0.15, 0.2) is 48.7 Å². The Balaban J connectivity index is 1.63. The maximum absolute atomic E-state index is 11.9. The third-order valence-electron chi connectivity index (χ3n) is 3.14. The molecule has 1 amide bonds. The number of carbonyl (C=O) groups is 1. The van der Waals surface area contributed by atoms with Gasteiger partial charge in [0.25, 0.3) is 0 Å². The number of nitrogens with zero attached hydrogens (tertiary/aromatic N) is 3. The second-order valence-corrected chi connectivity index (χ2v) is 4.74. The van der Waals surface area contributed by atoms with Gasteiger partial charge in [0, 0.05) is 11.9 Å². The SMILES string of the molecule is Nc1cccc(CC(=O)NCc2nnc3ccccn23)c1. The molecule has 0 radical (unpaired) electrons. The Morgan fingerprint density at radius 3 is 2.95 bits per heavy atom. The average molecular weight is 281 g/mol. The van der Waals surface area contributed by atoms with E-state index in [0.29, 0.717) is 24.5 Å². The van der Waals surface area contributed by atoms with Crippen molar-refractivity contribution in [3.63, 3.8) is 0 Å². The quantitative estimate of drug-likeness (QED) is 0.703. The van der Waals surface area contributed by atoms with E-state index in [9.17, 15) is 4.79 Å². The summed E-state index contributed by atoms with van der Waals surface area (Å²) in [4.78, 5) is 11.9. The molecule has 0 saturated carbocycles. The maximum Gasteiger partial charge on any atom is 0.224 e. The highest BCUT2D eigenvalue weighted by atomic mass is 16.1. The van der Waals surface area contributed by atoms with E-state index in [1.807, 2.05) is 40.9 Å². The molecule has 2 heterocycles. The van der Waals surface area contributed by atoms with Crippen LogP contribution >= 0.6 is 0 Å². The molecule has 6 heteroatoms. The minimum absolute atomic E-state index is 0.0757. The minimum Gasteiger partial charge on any atom is -0.399 e. The number of carbonyl (C=O) groups excluding carboxylic acids is 1. The highest BCUT2D eigenvalue weighted by Crippen LogP contribution is 2.07. The van der Waals surface area contributed by atoms with Crippen LogP contribution in [0.25, 0.3) is 5.65 Å². The molecule has 0 saturated heterocycles. The van der Waals surface area contributed by atoms with Gasteiger partial charge in [-0.1, -0.05) is 18.2 Å². The highest BCUT2D eigenvalue weighted by molar-refractivity contribution is 5.78. The van der Waals surface area contributed by atoms with Crippen molar-refractivity contribution < 1.29 is 4.79 Å². The van der Waals surface area contributed by atoms with Crippen LogP contribution in [0.2, 0.25) is 0 Å². The smallest absolute Gasteiger partial charge is 0.224 e. The van der Waals surface area contributed by atoms with Crippen LogP contribution in [0.4, 0.5) is 5.69 Å². The van der Waals surface area contributed by atoms with Crippen LogP contribution < -0.4 is 11.1 Å². The van der Waals surface area contributed by atoms with Crippen molar-refractivity contribution in [2.24, 2.45) is 0 Å². The lowest BCUT2D eigenvalue weighted by atomic mass is 10.1. The van der Waals surface area contributed by atoms with E-state index in [2.05, 4.69) is 15.5 Å². The van der Waals surface area contributed by atoms with E-state index in [1.54, 1.807) is 12.1 Å². The molecule has 0 bridgehead atoms. The Morgan fingerprint density at radius 2 is 2.10 bits per heavy atom. The zero-order valence-corrected chi connectivity index (χ0v) is 11.4. The number of anilines is 1. The lowest BCUT2D eigenvalue weighted by Gasteiger charge is -2.05. The van der Waals surface area contributed by atoms with Crippen LogP contribution in [-0.2, 0) is 17.8 Å². The molecular weight excluding hydrogens is 266 g/mol. The molecule has 21 heavy (non-hydrogen) atoms. The predicted octanol–water partition coefficient (Wildman–Crippen LogP) is 1.17. The molecule has 1 aromatic carbocycles. The largest absolute Gasteiger partial charge is 0.399 e. The minimum atomic E-state index is -0.0757. The lowest BCUT2D eigenvalue weighted by molar-refractivity contribution is -0.120. The van der Waals surface area contributed by atoms with Crippen LogP contribution in [0, 0.1) is 0 Å². The highest BCUT2D eigenvalue weighted by Gasteiger charge is 2.07. The second kappa shape index (κ2) is 5.62. The molecule has 0 unspecified atom stereocenters. The molecule has 3 rings (SSSR count). The van der Waals surface area contributed by atoms with Gasteiger partial charge in [-0.05, 0) is 29.8 Å². The summed E-state index contributed by atoms with van der Waals surface area (Å²) in [6.07, 6.45) is 2.16. The van der Waals surface area contributed by atoms with Crippen molar-refractivity contribution in [1.82, 2.24) is 19.9 Å². The van der Waals surface area contributed by atoms with Gasteiger partial charge in [0.05, 0.1) is 13.0 Å². The second-order valence-electron chi connectivity index (χ2n) is 4.74. The summed E-state index contributed by atoms with van der Waals surface area (Å²) in [5.41, 5.74) is 8.00. The van der Waals surface area contributed by atoms with Gasteiger partial charge in [0.15, 0.2) is 11.5 Å². The summed E-state index contributed by atoms with van der Waals surface area (Å²) in [5, 5.41) is 10.9. The summed E-state index contributed by atoms with van der Waals surface area (Å²) >= 11 is 0. The van der Waals surface area contributed by atoms with Gasteiger partial charge in [-0.3, -0.25) is 9.20 Å². The summed E-state index contributed by atoms with van der Waals surface area (Å²) in [5.74, 6) is 0.625. The Kier molecular flexibility index (Phi) is 3.51. The van der Waals surface area contributed by atoms with E-state index in [4.69, 9.17) is 5.73 Å². The monoisotopic (exact) mass is 281 g/mol. The standard InChI is InChI=1S/C15H15N5O/c16-12-5-3-4-11(8-12)9-15(21)17-10-14-19-18-13-6-1-2-7-20(13)14/h1-8H,9-10,16H2,(H,17,21). The van der Waals surface area contributed by atoms with Crippen molar-refractivity contribution >= 4 is 17.2 Å². The molecule has 2 aromatic heterocycles. The Morgan fingerprint density at radius 1 is 1.19 bits per heavy atom. The summed E-state index contributed by atoms with van der Waals surface area (Å²) in [6.45, 7) is 0.340. The number of pyridine rings is 1. The first-order valence-corrected chi connectivity index (χ1v) is 6.62. The summed E-state index contributed by atoms with van der Waals surface area (Å²) in [7, 11) is 0. The van der Waals surface area contributed by atoms with Gasteiger partial charge < -0.3 is 11.1 Å². The molecule has 0 aliphatic carbocycles. The van der Waals surface area contributed by atoms with Crippen LogP contribution in [0.3, 0.4) is 0 Å². The molecule has 6 nitrogen and oxygen atoms in total. The molecule has 3 aromatic rings. The van der Waals surface area contributed by atoms with E-state index in [-0.39, 0.29) is 5.91 Å². The fourth-order valence-corrected chi connectivity index (χ4v) is 2.14. The topological polar surface area (TPSA) is 85.3 Å². The van der Waals surface area contributed by atoms with Crippen LogP contribution in [0.5, 0.6) is 0 Å². The fraction of sp³-hybridized carbons (Fsp3) is 0.133. The van der Waals surface area contributed by atoms with Crippen molar-refractivity contribution in [3.8, 4) is 0 Å². The number of hydrogen-bond acceptors (Lipinski definition) is 4. The van der Waals surface area contributed by atoms with Crippen molar-refractivity contribution in [2.45, 2.75) is 13.0 Å². The van der Waals surface area contributed by atoms with Gasteiger partial charge in [-0.2, -0.15) is 0 Å². The van der Waals surface area contributed by atoms with Crippen LogP contribution in [-0.4, -0.2) is 20.5 Å². The molecule has 106 valence electrons. The van der Waals surface area contributed by atoms with Crippen LogP contribution in [0.1, 0.15) is 11.4 Å². The molecule has 0 aliphatic rings. The van der Waals surface area contributed by atoms with Gasteiger partial charge in [0.2, 0.25) is 5.91 Å². The van der Waals surface area contributed by atoms with E-state index in [0.717, 1.165) is 11.2 Å². The van der Waals surface area contributed by atoms with E-state index < -0.39 is 0 Å². The summed E-state index contributed by atoms with van der Waals surface area (Å²) in [6, 6.07) is 13.0. The van der Waals surface area contributed by atoms with Gasteiger partial charge in [-0.25, -0.2) is 0 Å². The molecule has 0 spiro atoms. The van der Waals surface area contributed by atoms with Crippen molar-refractivity contribution in [3.05, 3.63) is 60.0 Å². The molecule has 0 atom stereocenters. The number of fused-ring (bicyclic) bond motifs is 1. The number of nitrogens with two attached hydrogens (primary N) is 1. The average Bonchev–Trinajstić information content (AvgIpc) is 2.88. The predicted molar refractivity (Wildman–Crippen MR) is 79.4 cm³/mol. The Labute approximate surface area is 121 Å². The zero-order chi connectivity index (χ0) is 14.7. The number of amides is 1. The van der Waals surface area contributed by atoms with Crippen molar-refractivity contribution in [1.29, 1.82) is 0 Å². The third-order valence-corrected chi connectivity index (χ3v) is 3.14. The number of hydrogen-bond donors (Lipinski definition) is 2. The first-order valence-electron chi connectivity index (χ1n) is 6.62. The van der Waals surface area contributed by atoms with Gasteiger partial charge in [-0.15, -0.1) is 10.2 Å². The number of rotatable bonds is 4. The number of nitrogen functional groups attached to an aromatic ring is 1.